The summed E-state index contributed by atoms with van der Waals surface area (Å²) in [7, 11) is 5.08. The highest BCUT2D eigenvalue weighted by atomic mass is 32.2. The van der Waals surface area contributed by atoms with Crippen molar-refractivity contribution >= 4 is 22.0 Å². The van der Waals surface area contributed by atoms with Gasteiger partial charge in [0.25, 0.3) is 0 Å². The van der Waals surface area contributed by atoms with Crippen molar-refractivity contribution in [1.29, 1.82) is 0 Å². The number of rotatable bonds is 14. The van der Waals surface area contributed by atoms with Crippen molar-refractivity contribution in [1.82, 2.24) is 0 Å². The molecule has 0 fully saturated rings. The van der Waals surface area contributed by atoms with Gasteiger partial charge in [-0.05, 0) is 48.6 Å². The van der Waals surface area contributed by atoms with Gasteiger partial charge in [-0.15, -0.1) is 0 Å². The maximum absolute atomic E-state index is 15.1. The van der Waals surface area contributed by atoms with Crippen LogP contribution in [0.2, 0.25) is 0 Å². The molecule has 0 spiro atoms. The lowest BCUT2D eigenvalue weighted by molar-refractivity contribution is 0.392. The Labute approximate surface area is 265 Å². The molecule has 0 saturated carbocycles. The van der Waals surface area contributed by atoms with Gasteiger partial charge in [-0.3, -0.25) is 0 Å². The van der Waals surface area contributed by atoms with Crippen molar-refractivity contribution in [3.8, 4) is 34.5 Å². The molecule has 0 radical (unpaired) electrons. The first-order valence-electron chi connectivity index (χ1n) is 14.1. The van der Waals surface area contributed by atoms with E-state index in [4.69, 9.17) is 28.4 Å². The van der Waals surface area contributed by atoms with E-state index < -0.39 is 20.3 Å². The zero-order valence-electron chi connectivity index (χ0n) is 26.2. The summed E-state index contributed by atoms with van der Waals surface area (Å²) in [5.41, 5.74) is 2.13. The smallest absolute Gasteiger partial charge is 0.171 e. The van der Waals surface area contributed by atoms with Gasteiger partial charge >= 0.3 is 0 Å². The molecule has 0 bridgehead atoms. The molecule has 0 aliphatic carbocycles. The van der Waals surface area contributed by atoms with Gasteiger partial charge in [-0.1, -0.05) is 60.7 Å². The van der Waals surface area contributed by atoms with E-state index in [2.05, 4.69) is 0 Å². The molecular weight excluding hydrogens is 592 g/mol. The van der Waals surface area contributed by atoms with Gasteiger partial charge in [-0.2, -0.15) is 0 Å². The summed E-state index contributed by atoms with van der Waals surface area (Å²) < 4.78 is 63.8. The molecule has 0 aliphatic heterocycles. The fourth-order valence-electron chi connectivity index (χ4n) is 5.20. The number of para-hydroxylation sites is 2. The fraction of sp³-hybridized carbons (Fsp3) is 0.222. The van der Waals surface area contributed by atoms with Crippen LogP contribution in [0.3, 0.4) is 0 Å². The summed E-state index contributed by atoms with van der Waals surface area (Å²) in [5, 5.41) is -2.33. The van der Waals surface area contributed by atoms with Crippen molar-refractivity contribution in [2.24, 2.45) is 0 Å². The minimum absolute atomic E-state index is 0.428. The van der Waals surface area contributed by atoms with Crippen LogP contribution in [0.15, 0.2) is 97.1 Å². The number of ether oxygens (including phenoxy) is 6. The molecule has 4 aromatic carbocycles. The average Bonchev–Trinajstić information content (AvgIpc) is 3.08. The van der Waals surface area contributed by atoms with Crippen LogP contribution in [0, 0.1) is 0 Å². The van der Waals surface area contributed by atoms with Crippen LogP contribution in [-0.2, 0) is 9.84 Å². The predicted octanol–water partition coefficient (Wildman–Crippen LogP) is 7.36. The maximum Gasteiger partial charge on any atom is 0.171 e. The molecule has 0 N–H and O–H groups in total. The van der Waals surface area contributed by atoms with E-state index in [0.717, 1.165) is 0 Å². The van der Waals surface area contributed by atoms with E-state index in [9.17, 15) is 0 Å². The SMILES string of the molecule is COc1ccccc1C(/C=C/c1c(OC)cccc1OC)S(=O)(=O)C(/C=C/c1c(OC)cccc1OC)c1ccccc1OC. The van der Waals surface area contributed by atoms with Crippen molar-refractivity contribution in [3.63, 3.8) is 0 Å². The lowest BCUT2D eigenvalue weighted by atomic mass is 10.1. The Kier molecular flexibility index (Phi) is 11.2. The Morgan fingerprint density at radius 2 is 0.733 bits per heavy atom. The second-order valence-electron chi connectivity index (χ2n) is 9.78. The summed E-state index contributed by atoms with van der Waals surface area (Å²) in [6.07, 6.45) is 6.68. The minimum atomic E-state index is -4.15. The third-order valence-corrected chi connectivity index (χ3v) is 9.64. The summed E-state index contributed by atoms with van der Waals surface area (Å²) in [5.74, 6) is 2.99. The normalized spacial score (nSPS) is 12.9. The van der Waals surface area contributed by atoms with E-state index >= 15 is 8.42 Å². The van der Waals surface area contributed by atoms with E-state index in [-0.39, 0.29) is 0 Å². The molecule has 45 heavy (non-hydrogen) atoms. The topological polar surface area (TPSA) is 89.5 Å². The second-order valence-corrected chi connectivity index (χ2v) is 12.0. The van der Waals surface area contributed by atoms with E-state index in [1.807, 2.05) is 0 Å². The van der Waals surface area contributed by atoms with E-state index in [1.54, 1.807) is 138 Å². The first-order valence-corrected chi connectivity index (χ1v) is 15.7. The number of hydrogen-bond donors (Lipinski definition) is 0. The molecule has 9 heteroatoms. The van der Waals surface area contributed by atoms with Crippen LogP contribution >= 0.6 is 0 Å². The van der Waals surface area contributed by atoms with Crippen molar-refractivity contribution in [2.45, 2.75) is 10.5 Å². The lowest BCUT2D eigenvalue weighted by Gasteiger charge is -2.24. The van der Waals surface area contributed by atoms with Gasteiger partial charge in [-0.25, -0.2) is 8.42 Å². The third kappa shape index (κ3) is 7.10. The zero-order chi connectivity index (χ0) is 32.4. The average molecular weight is 631 g/mol. The fourth-order valence-corrected chi connectivity index (χ4v) is 7.21. The largest absolute Gasteiger partial charge is 0.496 e. The summed E-state index contributed by atoms with van der Waals surface area (Å²) >= 11 is 0. The van der Waals surface area contributed by atoms with Gasteiger partial charge in [0.2, 0.25) is 0 Å². The maximum atomic E-state index is 15.1. The van der Waals surface area contributed by atoms with Gasteiger partial charge in [0.1, 0.15) is 45.0 Å². The second kappa shape index (κ2) is 15.2. The van der Waals surface area contributed by atoms with Gasteiger partial charge in [0.15, 0.2) is 9.84 Å². The molecule has 0 amide bonds. The number of benzene rings is 4. The zero-order valence-corrected chi connectivity index (χ0v) is 27.0. The summed E-state index contributed by atoms with van der Waals surface area (Å²) in [4.78, 5) is 0. The monoisotopic (exact) mass is 630 g/mol. The van der Waals surface area contributed by atoms with Gasteiger partial charge < -0.3 is 28.4 Å². The standard InChI is InChI=1S/C36H38O8S/c1-39-29-17-11-18-30(40-2)25(29)21-23-35(27-13-7-9-15-33(27)43-5)45(37,38)36(28-14-8-10-16-34(28)44-6)24-22-26-31(41-3)19-12-20-32(26)42-4/h7-24,35-36H,1-6H3/b23-21+,24-22+. The molecule has 2 atom stereocenters. The highest BCUT2D eigenvalue weighted by Gasteiger charge is 2.36. The Balaban J connectivity index is 1.99. The predicted molar refractivity (Wildman–Crippen MR) is 178 cm³/mol. The lowest BCUT2D eigenvalue weighted by Crippen LogP contribution is -2.20. The molecule has 2 unspecified atom stereocenters. The molecule has 236 valence electrons. The number of hydrogen-bond acceptors (Lipinski definition) is 8. The molecule has 0 heterocycles. The Bertz CT molecular complexity index is 1590. The van der Waals surface area contributed by atoms with E-state index in [1.165, 1.54) is 14.2 Å². The van der Waals surface area contributed by atoms with Crippen LogP contribution in [0.25, 0.3) is 12.2 Å². The van der Waals surface area contributed by atoms with Gasteiger partial charge in [0.05, 0.1) is 53.8 Å². The van der Waals surface area contributed by atoms with Crippen LogP contribution in [0.5, 0.6) is 34.5 Å². The molecule has 8 nitrogen and oxygen atoms in total. The van der Waals surface area contributed by atoms with Crippen LogP contribution < -0.4 is 28.4 Å². The quantitative estimate of drug-likeness (QED) is 0.143. The van der Waals surface area contributed by atoms with Crippen molar-refractivity contribution in [3.05, 3.63) is 119 Å². The minimum Gasteiger partial charge on any atom is -0.496 e. The van der Waals surface area contributed by atoms with Crippen LogP contribution in [0.1, 0.15) is 32.8 Å². The van der Waals surface area contributed by atoms with Gasteiger partial charge in [0, 0.05) is 11.1 Å². The van der Waals surface area contributed by atoms with Crippen LogP contribution in [-0.4, -0.2) is 51.1 Å². The van der Waals surface area contributed by atoms with E-state index in [0.29, 0.717) is 56.8 Å². The first-order chi connectivity index (χ1) is 21.8. The Hall–Kier alpha value is -4.89. The summed E-state index contributed by atoms with van der Waals surface area (Å²) in [6, 6.07) is 24.9. The molecular formula is C36H38O8S. The highest BCUT2D eigenvalue weighted by molar-refractivity contribution is 7.92. The number of methoxy groups -OCH3 is 6. The van der Waals surface area contributed by atoms with Crippen molar-refractivity contribution < 1.29 is 36.8 Å². The Morgan fingerprint density at radius 1 is 0.444 bits per heavy atom. The molecule has 0 saturated heterocycles. The number of sulfone groups is 1. The third-order valence-electron chi connectivity index (χ3n) is 7.41. The Morgan fingerprint density at radius 3 is 1.04 bits per heavy atom. The molecule has 0 aromatic heterocycles. The first kappa shape index (κ1) is 33.0. The van der Waals surface area contributed by atoms with Crippen LogP contribution in [0.4, 0.5) is 0 Å². The van der Waals surface area contributed by atoms with Crippen molar-refractivity contribution in [2.75, 3.05) is 42.7 Å². The summed E-state index contributed by atoms with van der Waals surface area (Å²) in [6.45, 7) is 0. The highest BCUT2D eigenvalue weighted by Crippen LogP contribution is 2.44. The molecule has 0 aliphatic rings. The molecule has 4 aromatic rings. The molecule has 4 rings (SSSR count).